The van der Waals surface area contributed by atoms with Gasteiger partial charge in [-0.3, -0.25) is 4.79 Å². The van der Waals surface area contributed by atoms with E-state index in [2.05, 4.69) is 0 Å². The van der Waals surface area contributed by atoms with Crippen molar-refractivity contribution in [3.05, 3.63) is 29.8 Å². The molecule has 0 aromatic heterocycles. The van der Waals surface area contributed by atoms with Crippen molar-refractivity contribution in [2.75, 3.05) is 6.61 Å². The fraction of sp³-hybridized carbons (Fsp3) is 0.500. The van der Waals surface area contributed by atoms with Gasteiger partial charge in [-0.05, 0) is 44.9 Å². The van der Waals surface area contributed by atoms with Gasteiger partial charge in [0.05, 0.1) is 5.41 Å². The maximum absolute atomic E-state index is 10.9. The molecule has 0 aliphatic carbocycles. The molecule has 0 bridgehead atoms. The zero-order valence-electron chi connectivity index (χ0n) is 11.1. The molecular weight excluding hydrogens is 230 g/mol. The van der Waals surface area contributed by atoms with Crippen molar-refractivity contribution in [2.45, 2.75) is 33.2 Å². The summed E-state index contributed by atoms with van der Waals surface area (Å²) < 4.78 is 5.48. The van der Waals surface area contributed by atoms with Crippen LogP contribution in [-0.4, -0.2) is 23.7 Å². The van der Waals surface area contributed by atoms with Gasteiger partial charge in [0.1, 0.15) is 12.4 Å². The van der Waals surface area contributed by atoms with E-state index < -0.39 is 11.4 Å². The zero-order valence-corrected chi connectivity index (χ0v) is 11.1. The molecule has 1 rings (SSSR count). The van der Waals surface area contributed by atoms with E-state index in [1.807, 2.05) is 31.2 Å². The first kappa shape index (κ1) is 14.5. The minimum Gasteiger partial charge on any atom is -0.492 e. The summed E-state index contributed by atoms with van der Waals surface area (Å²) in [5.74, 6) is -0.186. The molecule has 1 aromatic carbocycles. The Labute approximate surface area is 108 Å². The molecule has 4 heteroatoms. The van der Waals surface area contributed by atoms with Crippen LogP contribution in [0, 0.1) is 5.41 Å². The standard InChI is InChI=1S/C14H21NO3/c1-10(15)8-11-4-6-12(7-5-11)18-9-14(2,3)13(16)17/h4-7,10H,8-9,15H2,1-3H3,(H,16,17). The molecule has 0 saturated carbocycles. The summed E-state index contributed by atoms with van der Waals surface area (Å²) in [5, 5.41) is 8.97. The third-order valence-electron chi connectivity index (χ3n) is 2.66. The third kappa shape index (κ3) is 4.37. The second-order valence-corrected chi connectivity index (χ2v) is 5.30. The van der Waals surface area contributed by atoms with Gasteiger partial charge in [0.2, 0.25) is 0 Å². The lowest BCUT2D eigenvalue weighted by Crippen LogP contribution is -2.30. The minimum absolute atomic E-state index is 0.128. The highest BCUT2D eigenvalue weighted by atomic mass is 16.5. The maximum Gasteiger partial charge on any atom is 0.312 e. The largest absolute Gasteiger partial charge is 0.492 e. The lowest BCUT2D eigenvalue weighted by Gasteiger charge is -2.19. The van der Waals surface area contributed by atoms with Gasteiger partial charge >= 0.3 is 5.97 Å². The first-order valence-corrected chi connectivity index (χ1v) is 6.02. The zero-order chi connectivity index (χ0) is 13.8. The molecule has 0 spiro atoms. The molecule has 0 aliphatic rings. The van der Waals surface area contributed by atoms with Crippen LogP contribution in [0.4, 0.5) is 0 Å². The molecule has 0 fully saturated rings. The predicted octanol–water partition coefficient (Wildman–Crippen LogP) is 2.07. The van der Waals surface area contributed by atoms with Crippen molar-refractivity contribution >= 4 is 5.97 Å². The van der Waals surface area contributed by atoms with Crippen LogP contribution in [0.2, 0.25) is 0 Å². The summed E-state index contributed by atoms with van der Waals surface area (Å²) in [4.78, 5) is 10.9. The van der Waals surface area contributed by atoms with E-state index in [0.29, 0.717) is 5.75 Å². The Hall–Kier alpha value is -1.55. The first-order chi connectivity index (χ1) is 8.31. The van der Waals surface area contributed by atoms with Gasteiger partial charge in [0.15, 0.2) is 0 Å². The highest BCUT2D eigenvalue weighted by Gasteiger charge is 2.28. The van der Waals surface area contributed by atoms with Gasteiger partial charge in [-0.1, -0.05) is 12.1 Å². The van der Waals surface area contributed by atoms with Gasteiger partial charge in [0.25, 0.3) is 0 Å². The van der Waals surface area contributed by atoms with E-state index in [9.17, 15) is 4.79 Å². The molecule has 4 nitrogen and oxygen atoms in total. The Bertz CT molecular complexity index is 396. The number of aliphatic carboxylic acids is 1. The van der Waals surface area contributed by atoms with Crippen molar-refractivity contribution in [2.24, 2.45) is 11.1 Å². The molecule has 1 aromatic rings. The Balaban J connectivity index is 2.57. The molecule has 1 atom stereocenters. The maximum atomic E-state index is 10.9. The van der Waals surface area contributed by atoms with E-state index in [1.54, 1.807) is 13.8 Å². The van der Waals surface area contributed by atoms with Gasteiger partial charge < -0.3 is 15.6 Å². The van der Waals surface area contributed by atoms with E-state index in [-0.39, 0.29) is 12.6 Å². The molecule has 100 valence electrons. The molecule has 18 heavy (non-hydrogen) atoms. The Morgan fingerprint density at radius 3 is 2.39 bits per heavy atom. The molecule has 3 N–H and O–H groups in total. The quantitative estimate of drug-likeness (QED) is 0.811. The number of hydrogen-bond donors (Lipinski definition) is 2. The number of rotatable bonds is 6. The summed E-state index contributed by atoms with van der Waals surface area (Å²) >= 11 is 0. The van der Waals surface area contributed by atoms with Gasteiger partial charge in [-0.25, -0.2) is 0 Å². The predicted molar refractivity (Wildman–Crippen MR) is 70.7 cm³/mol. The van der Waals surface area contributed by atoms with Crippen molar-refractivity contribution in [3.63, 3.8) is 0 Å². The molecule has 0 amide bonds. The number of benzene rings is 1. The molecule has 0 aliphatic heterocycles. The van der Waals surface area contributed by atoms with Crippen molar-refractivity contribution < 1.29 is 14.6 Å². The lowest BCUT2D eigenvalue weighted by atomic mass is 9.95. The second kappa shape index (κ2) is 5.87. The van der Waals surface area contributed by atoms with E-state index in [1.165, 1.54) is 0 Å². The van der Waals surface area contributed by atoms with E-state index in [4.69, 9.17) is 15.6 Å². The fourth-order valence-corrected chi connectivity index (χ4v) is 1.42. The van der Waals surface area contributed by atoms with E-state index >= 15 is 0 Å². The lowest BCUT2D eigenvalue weighted by molar-refractivity contribution is -0.148. The minimum atomic E-state index is -0.884. The Kier molecular flexibility index (Phi) is 4.73. The highest BCUT2D eigenvalue weighted by molar-refractivity contribution is 5.73. The summed E-state index contributed by atoms with van der Waals surface area (Å²) in [6.07, 6.45) is 0.820. The first-order valence-electron chi connectivity index (χ1n) is 6.02. The van der Waals surface area contributed by atoms with Crippen molar-refractivity contribution in [1.29, 1.82) is 0 Å². The number of nitrogens with two attached hydrogens (primary N) is 1. The smallest absolute Gasteiger partial charge is 0.312 e. The van der Waals surface area contributed by atoms with Crippen LogP contribution < -0.4 is 10.5 Å². The average Bonchev–Trinajstić information content (AvgIpc) is 2.27. The average molecular weight is 251 g/mol. The number of hydrogen-bond acceptors (Lipinski definition) is 3. The highest BCUT2D eigenvalue weighted by Crippen LogP contribution is 2.19. The SMILES string of the molecule is CC(N)Cc1ccc(OCC(C)(C)C(=O)O)cc1. The molecule has 1 unspecified atom stereocenters. The van der Waals surface area contributed by atoms with Crippen LogP contribution in [0.3, 0.4) is 0 Å². The molecular formula is C14H21NO3. The van der Waals surface area contributed by atoms with Crippen LogP contribution in [0.1, 0.15) is 26.3 Å². The summed E-state index contributed by atoms with van der Waals surface area (Å²) in [5.41, 5.74) is 5.98. The van der Waals surface area contributed by atoms with Gasteiger partial charge in [0, 0.05) is 6.04 Å². The number of ether oxygens (including phenoxy) is 1. The topological polar surface area (TPSA) is 72.5 Å². The van der Waals surface area contributed by atoms with Crippen LogP contribution >= 0.6 is 0 Å². The van der Waals surface area contributed by atoms with Crippen molar-refractivity contribution in [1.82, 2.24) is 0 Å². The van der Waals surface area contributed by atoms with Crippen LogP contribution in [0.15, 0.2) is 24.3 Å². The van der Waals surface area contributed by atoms with Gasteiger partial charge in [-0.15, -0.1) is 0 Å². The van der Waals surface area contributed by atoms with E-state index in [0.717, 1.165) is 12.0 Å². The number of carbonyl (C=O) groups is 1. The molecule has 0 radical (unpaired) electrons. The second-order valence-electron chi connectivity index (χ2n) is 5.30. The fourth-order valence-electron chi connectivity index (χ4n) is 1.42. The Morgan fingerprint density at radius 2 is 1.94 bits per heavy atom. The Morgan fingerprint density at radius 1 is 1.39 bits per heavy atom. The monoisotopic (exact) mass is 251 g/mol. The van der Waals surface area contributed by atoms with Gasteiger partial charge in [-0.2, -0.15) is 0 Å². The summed E-state index contributed by atoms with van der Waals surface area (Å²) in [6.45, 7) is 5.38. The van der Waals surface area contributed by atoms with Crippen LogP contribution in [0.5, 0.6) is 5.75 Å². The number of carboxylic acids is 1. The normalized spacial score (nSPS) is 13.1. The van der Waals surface area contributed by atoms with Crippen LogP contribution in [-0.2, 0) is 11.2 Å². The summed E-state index contributed by atoms with van der Waals surface area (Å²) in [7, 11) is 0. The molecule has 0 saturated heterocycles. The number of carboxylic acid groups (broad SMARTS) is 1. The third-order valence-corrected chi connectivity index (χ3v) is 2.66. The van der Waals surface area contributed by atoms with Crippen molar-refractivity contribution in [3.8, 4) is 5.75 Å². The van der Waals surface area contributed by atoms with Crippen LogP contribution in [0.25, 0.3) is 0 Å². The molecule has 0 heterocycles. The summed E-state index contributed by atoms with van der Waals surface area (Å²) in [6, 6.07) is 7.72.